The summed E-state index contributed by atoms with van der Waals surface area (Å²) < 4.78 is 0. The third-order valence-corrected chi connectivity index (χ3v) is 0.462. The lowest BCUT2D eigenvalue weighted by Crippen LogP contribution is -2.13. The summed E-state index contributed by atoms with van der Waals surface area (Å²) in [5, 5.41) is 17.6. The molecule has 0 aliphatic rings. The Morgan fingerprint density at radius 1 is 1.88 bits per heavy atom. The van der Waals surface area contributed by atoms with E-state index in [2.05, 4.69) is 0 Å². The Hall–Kier alpha value is -1.44. The summed E-state index contributed by atoms with van der Waals surface area (Å²) in [7, 11) is 0. The van der Waals surface area contributed by atoms with E-state index in [9.17, 15) is 9.70 Å². The summed E-state index contributed by atoms with van der Waals surface area (Å²) in [4.78, 5) is 19.0. The van der Waals surface area contributed by atoms with E-state index < -0.39 is 12.0 Å². The van der Waals surface area contributed by atoms with Gasteiger partial charge in [-0.1, -0.05) is 0 Å². The van der Waals surface area contributed by atoms with Gasteiger partial charge < -0.3 is 5.11 Å². The molecule has 1 N–H and O–H groups in total. The number of carboxylic acids is 1. The molecule has 1 unspecified atom stereocenters. The summed E-state index contributed by atoms with van der Waals surface area (Å²) >= 11 is 0. The van der Waals surface area contributed by atoms with Gasteiger partial charge in [-0.3, -0.25) is 0 Å². The van der Waals surface area contributed by atoms with Crippen LogP contribution in [0.3, 0.4) is 0 Å². The lowest BCUT2D eigenvalue weighted by Gasteiger charge is -1.84. The number of carboxylic acid groups (broad SMARTS) is 1. The van der Waals surface area contributed by atoms with E-state index in [0.29, 0.717) is 0 Å². The number of aliphatic carboxylic acids is 1. The SMILES string of the molecule is N#CC(N=O)C(=O)O. The number of hydrogen-bond acceptors (Lipinski definition) is 4. The zero-order chi connectivity index (χ0) is 6.57. The molecular weight excluding hydrogens is 112 g/mol. The van der Waals surface area contributed by atoms with Gasteiger partial charge in [0, 0.05) is 0 Å². The zero-order valence-corrected chi connectivity index (χ0v) is 3.74. The second-order valence-corrected chi connectivity index (χ2v) is 0.975. The molecule has 0 saturated carbocycles. The largest absolute Gasteiger partial charge is 0.479 e. The van der Waals surface area contributed by atoms with Crippen molar-refractivity contribution in [1.82, 2.24) is 0 Å². The first-order chi connectivity index (χ1) is 3.72. The minimum Gasteiger partial charge on any atom is -0.479 e. The first-order valence-electron chi connectivity index (χ1n) is 1.67. The van der Waals surface area contributed by atoms with E-state index in [1.54, 1.807) is 0 Å². The van der Waals surface area contributed by atoms with E-state index >= 15 is 0 Å². The third kappa shape index (κ3) is 1.34. The molecule has 0 amide bonds. The average molecular weight is 114 g/mol. The molecule has 0 rings (SSSR count). The Kier molecular flexibility index (Phi) is 2.20. The number of hydrogen-bond donors (Lipinski definition) is 1. The number of rotatable bonds is 2. The van der Waals surface area contributed by atoms with Gasteiger partial charge in [-0.25, -0.2) is 4.79 Å². The van der Waals surface area contributed by atoms with E-state index in [-0.39, 0.29) is 0 Å². The van der Waals surface area contributed by atoms with E-state index in [0.717, 1.165) is 0 Å². The van der Waals surface area contributed by atoms with Crippen molar-refractivity contribution >= 4 is 5.97 Å². The van der Waals surface area contributed by atoms with Gasteiger partial charge in [0.15, 0.2) is 0 Å². The fourth-order valence-electron chi connectivity index (χ4n) is 0.124. The van der Waals surface area contributed by atoms with Crippen LogP contribution in [0.2, 0.25) is 0 Å². The van der Waals surface area contributed by atoms with Crippen LogP contribution in [0.25, 0.3) is 0 Å². The summed E-state index contributed by atoms with van der Waals surface area (Å²) in [6.07, 6.45) is 0. The molecule has 0 spiro atoms. The topological polar surface area (TPSA) is 90.5 Å². The van der Waals surface area contributed by atoms with Gasteiger partial charge in [-0.05, 0) is 5.18 Å². The lowest BCUT2D eigenvalue weighted by molar-refractivity contribution is -0.137. The Balaban J connectivity index is 3.95. The molecule has 0 fully saturated rings. The van der Waals surface area contributed by atoms with Gasteiger partial charge in [0.05, 0.1) is 0 Å². The highest BCUT2D eigenvalue weighted by Gasteiger charge is 2.14. The van der Waals surface area contributed by atoms with Gasteiger partial charge in [0.1, 0.15) is 6.07 Å². The number of nitrogens with zero attached hydrogens (tertiary/aromatic N) is 2. The smallest absolute Gasteiger partial charge is 0.347 e. The molecule has 42 valence electrons. The van der Waals surface area contributed by atoms with Crippen molar-refractivity contribution in [3.05, 3.63) is 4.91 Å². The van der Waals surface area contributed by atoms with Crippen LogP contribution < -0.4 is 0 Å². The molecule has 0 aromatic heterocycles. The first-order valence-corrected chi connectivity index (χ1v) is 1.67. The average Bonchev–Trinajstić information content (AvgIpc) is 1.69. The number of carbonyl (C=O) groups is 1. The molecule has 0 aliphatic carbocycles. The molecule has 1 atom stereocenters. The standard InChI is InChI=1S/C3H2N2O3/c4-1-2(5-8)3(6)7/h2H,(H,6,7). The second kappa shape index (κ2) is 2.69. The molecule has 0 bridgehead atoms. The minimum absolute atomic E-state index is 1.17. The van der Waals surface area contributed by atoms with E-state index in [1.807, 2.05) is 5.18 Å². The molecule has 0 aliphatic heterocycles. The van der Waals surface area contributed by atoms with Crippen molar-refractivity contribution < 1.29 is 9.90 Å². The van der Waals surface area contributed by atoms with Gasteiger partial charge in [0.25, 0.3) is 6.04 Å². The molecule has 5 heteroatoms. The summed E-state index contributed by atoms with van der Waals surface area (Å²) in [5.74, 6) is -1.51. The van der Waals surface area contributed by atoms with Crippen LogP contribution in [0.15, 0.2) is 5.18 Å². The predicted octanol–water partition coefficient (Wildman–Crippen LogP) is -0.270. The Morgan fingerprint density at radius 3 is 2.38 bits per heavy atom. The summed E-state index contributed by atoms with van der Waals surface area (Å²) in [6.45, 7) is 0. The molecule has 0 aromatic rings. The second-order valence-electron chi connectivity index (χ2n) is 0.975. The van der Waals surface area contributed by atoms with Crippen molar-refractivity contribution in [1.29, 1.82) is 5.26 Å². The van der Waals surface area contributed by atoms with Crippen LogP contribution in [0.4, 0.5) is 0 Å². The maximum Gasteiger partial charge on any atom is 0.347 e. The van der Waals surface area contributed by atoms with Gasteiger partial charge in [-0.2, -0.15) is 5.26 Å². The normalized spacial score (nSPS) is 11.4. The van der Waals surface area contributed by atoms with E-state index in [1.165, 1.54) is 6.07 Å². The Morgan fingerprint density at radius 2 is 2.38 bits per heavy atom. The van der Waals surface area contributed by atoms with Crippen LogP contribution in [0.5, 0.6) is 0 Å². The Labute approximate surface area is 44.5 Å². The third-order valence-electron chi connectivity index (χ3n) is 0.462. The van der Waals surface area contributed by atoms with Crippen LogP contribution >= 0.6 is 0 Å². The highest BCUT2D eigenvalue weighted by Crippen LogP contribution is 1.84. The molecule has 0 saturated heterocycles. The highest BCUT2D eigenvalue weighted by molar-refractivity contribution is 5.76. The van der Waals surface area contributed by atoms with Crippen LogP contribution in [-0.4, -0.2) is 17.1 Å². The fraction of sp³-hybridized carbons (Fsp3) is 0.333. The van der Waals surface area contributed by atoms with Gasteiger partial charge in [0.2, 0.25) is 0 Å². The fourth-order valence-corrected chi connectivity index (χ4v) is 0.124. The van der Waals surface area contributed by atoms with Crippen LogP contribution in [-0.2, 0) is 4.79 Å². The summed E-state index contributed by atoms with van der Waals surface area (Å²) in [6, 6.07) is -0.582. The highest BCUT2D eigenvalue weighted by atomic mass is 16.4. The monoisotopic (exact) mass is 114 g/mol. The molecule has 0 heterocycles. The number of nitroso groups, excluding NO2 is 1. The molecule has 0 aromatic carbocycles. The summed E-state index contributed by atoms with van der Waals surface area (Å²) in [5.41, 5.74) is 0. The van der Waals surface area contributed by atoms with Gasteiger partial charge in [-0.15, -0.1) is 4.91 Å². The maximum atomic E-state index is 9.65. The van der Waals surface area contributed by atoms with Crippen molar-refractivity contribution in [3.63, 3.8) is 0 Å². The first kappa shape index (κ1) is 6.56. The Bertz CT molecular complexity index is 147. The van der Waals surface area contributed by atoms with Crippen LogP contribution in [0.1, 0.15) is 0 Å². The van der Waals surface area contributed by atoms with Crippen molar-refractivity contribution in [3.8, 4) is 6.07 Å². The van der Waals surface area contributed by atoms with Crippen molar-refractivity contribution in [2.24, 2.45) is 5.18 Å². The van der Waals surface area contributed by atoms with Crippen molar-refractivity contribution in [2.75, 3.05) is 0 Å². The molecule has 8 heavy (non-hydrogen) atoms. The predicted molar refractivity (Wildman–Crippen MR) is 22.8 cm³/mol. The van der Waals surface area contributed by atoms with Crippen molar-refractivity contribution in [2.45, 2.75) is 6.04 Å². The maximum absolute atomic E-state index is 9.65. The quantitative estimate of drug-likeness (QED) is 0.500. The van der Waals surface area contributed by atoms with E-state index in [4.69, 9.17) is 10.4 Å². The lowest BCUT2D eigenvalue weighted by atomic mass is 10.4. The molecule has 0 radical (unpaired) electrons. The minimum atomic E-state index is -1.75. The zero-order valence-electron chi connectivity index (χ0n) is 3.74. The molecular formula is C3H2N2O3. The molecule has 5 nitrogen and oxygen atoms in total. The van der Waals surface area contributed by atoms with Gasteiger partial charge >= 0.3 is 5.97 Å². The van der Waals surface area contributed by atoms with Crippen LogP contribution in [0, 0.1) is 16.2 Å². The number of nitriles is 1.